The van der Waals surface area contributed by atoms with Gasteiger partial charge in [-0.25, -0.2) is 4.39 Å². The Kier molecular flexibility index (Phi) is 5.98. The predicted molar refractivity (Wildman–Crippen MR) is 90.4 cm³/mol. The summed E-state index contributed by atoms with van der Waals surface area (Å²) in [7, 11) is 1.57. The molecule has 0 aliphatic rings. The third kappa shape index (κ3) is 4.69. The van der Waals surface area contributed by atoms with E-state index in [-0.39, 0.29) is 5.69 Å². The van der Waals surface area contributed by atoms with E-state index in [0.29, 0.717) is 22.4 Å². The lowest BCUT2D eigenvalue weighted by atomic mass is 10.2. The van der Waals surface area contributed by atoms with Crippen molar-refractivity contribution in [1.29, 1.82) is 0 Å². The quantitative estimate of drug-likeness (QED) is 0.806. The second kappa shape index (κ2) is 7.97. The van der Waals surface area contributed by atoms with Gasteiger partial charge in [0.1, 0.15) is 17.3 Å². The molecule has 2 rings (SSSR count). The Balaban J connectivity index is 2.05. The number of ether oxygens (including phenoxy) is 2. The number of carbonyl (C=O) groups excluding carboxylic acids is 1. The first-order chi connectivity index (χ1) is 11.0. The molecule has 0 saturated heterocycles. The summed E-state index contributed by atoms with van der Waals surface area (Å²) < 4.78 is 25.1. The molecule has 1 amide bonds. The number of benzene rings is 2. The third-order valence-corrected chi connectivity index (χ3v) is 3.68. The summed E-state index contributed by atoms with van der Waals surface area (Å²) in [6.07, 6.45) is -0.262. The molecule has 1 N–H and O–H groups in total. The van der Waals surface area contributed by atoms with E-state index < -0.39 is 17.8 Å². The highest BCUT2D eigenvalue weighted by molar-refractivity contribution is 9.10. The number of hydrogen-bond donors (Lipinski definition) is 1. The minimum Gasteiger partial charge on any atom is -0.497 e. The molecule has 0 aliphatic heterocycles. The van der Waals surface area contributed by atoms with Crippen LogP contribution >= 0.6 is 15.9 Å². The fourth-order valence-electron chi connectivity index (χ4n) is 1.94. The monoisotopic (exact) mass is 381 g/mol. The standard InChI is InChI=1S/C17H17BrFNO3/c1-3-16(23-13-7-5-12(22-2)6-8-13)17(21)20-15-9-4-11(18)10-14(15)19/h4-10,16H,3H2,1-2H3,(H,20,21)/t16-/m1/s1. The highest BCUT2D eigenvalue weighted by atomic mass is 79.9. The van der Waals surface area contributed by atoms with Crippen molar-refractivity contribution in [3.8, 4) is 11.5 Å². The van der Waals surface area contributed by atoms with Gasteiger partial charge in [0.2, 0.25) is 0 Å². The highest BCUT2D eigenvalue weighted by Crippen LogP contribution is 2.22. The minimum atomic E-state index is -0.716. The molecule has 0 unspecified atom stereocenters. The van der Waals surface area contributed by atoms with E-state index >= 15 is 0 Å². The number of rotatable bonds is 6. The normalized spacial score (nSPS) is 11.7. The number of amides is 1. The van der Waals surface area contributed by atoms with E-state index in [1.807, 2.05) is 6.92 Å². The zero-order valence-electron chi connectivity index (χ0n) is 12.8. The van der Waals surface area contributed by atoms with Gasteiger partial charge in [-0.1, -0.05) is 22.9 Å². The van der Waals surface area contributed by atoms with Crippen molar-refractivity contribution >= 4 is 27.5 Å². The van der Waals surface area contributed by atoms with Crippen LogP contribution in [0.25, 0.3) is 0 Å². The molecule has 23 heavy (non-hydrogen) atoms. The van der Waals surface area contributed by atoms with Crippen LogP contribution in [0.1, 0.15) is 13.3 Å². The van der Waals surface area contributed by atoms with Gasteiger partial charge in [0.15, 0.2) is 6.10 Å². The van der Waals surface area contributed by atoms with Gasteiger partial charge in [0, 0.05) is 4.47 Å². The number of halogens is 2. The van der Waals surface area contributed by atoms with Gasteiger partial charge in [-0.3, -0.25) is 4.79 Å². The zero-order chi connectivity index (χ0) is 16.8. The molecule has 0 fully saturated rings. The van der Waals surface area contributed by atoms with Crippen LogP contribution < -0.4 is 14.8 Å². The van der Waals surface area contributed by atoms with Gasteiger partial charge < -0.3 is 14.8 Å². The summed E-state index contributed by atoms with van der Waals surface area (Å²) in [5, 5.41) is 2.55. The zero-order valence-corrected chi connectivity index (χ0v) is 14.4. The van der Waals surface area contributed by atoms with Crippen molar-refractivity contribution in [1.82, 2.24) is 0 Å². The average Bonchev–Trinajstić information content (AvgIpc) is 2.55. The van der Waals surface area contributed by atoms with Crippen LogP contribution in [0.2, 0.25) is 0 Å². The van der Waals surface area contributed by atoms with Crippen molar-refractivity contribution < 1.29 is 18.7 Å². The number of nitrogens with one attached hydrogen (secondary N) is 1. The molecule has 2 aromatic rings. The molecule has 0 aromatic heterocycles. The second-order valence-corrected chi connectivity index (χ2v) is 5.72. The molecule has 1 atom stereocenters. The summed E-state index contributed by atoms with van der Waals surface area (Å²) >= 11 is 3.17. The predicted octanol–water partition coefficient (Wildman–Crippen LogP) is 4.39. The van der Waals surface area contributed by atoms with Crippen LogP contribution in [-0.4, -0.2) is 19.1 Å². The van der Waals surface area contributed by atoms with Gasteiger partial charge >= 0.3 is 0 Å². The molecule has 0 aliphatic carbocycles. The fraction of sp³-hybridized carbons (Fsp3) is 0.235. The van der Waals surface area contributed by atoms with Crippen LogP contribution in [-0.2, 0) is 4.79 Å². The molecule has 122 valence electrons. The van der Waals surface area contributed by atoms with Crippen molar-refractivity contribution in [3.63, 3.8) is 0 Å². The Bertz CT molecular complexity index is 676. The van der Waals surface area contributed by atoms with E-state index in [4.69, 9.17) is 9.47 Å². The molecule has 0 spiro atoms. The van der Waals surface area contributed by atoms with Crippen molar-refractivity contribution in [2.75, 3.05) is 12.4 Å². The van der Waals surface area contributed by atoms with Crippen LogP contribution in [0.5, 0.6) is 11.5 Å². The lowest BCUT2D eigenvalue weighted by Gasteiger charge is -2.17. The Labute approximate surface area is 142 Å². The maximum atomic E-state index is 13.8. The van der Waals surface area contributed by atoms with Gasteiger partial charge in [-0.15, -0.1) is 0 Å². The van der Waals surface area contributed by atoms with Crippen LogP contribution in [0.4, 0.5) is 10.1 Å². The Morgan fingerprint density at radius 1 is 1.22 bits per heavy atom. The number of hydrogen-bond acceptors (Lipinski definition) is 3. The lowest BCUT2D eigenvalue weighted by molar-refractivity contribution is -0.122. The first kappa shape index (κ1) is 17.3. The van der Waals surface area contributed by atoms with Gasteiger partial charge in [-0.05, 0) is 48.9 Å². The number of anilines is 1. The summed E-state index contributed by atoms with van der Waals surface area (Å²) in [5.41, 5.74) is 0.120. The second-order valence-electron chi connectivity index (χ2n) is 4.80. The van der Waals surface area contributed by atoms with E-state index in [2.05, 4.69) is 21.2 Å². The van der Waals surface area contributed by atoms with Gasteiger partial charge in [-0.2, -0.15) is 0 Å². The van der Waals surface area contributed by atoms with E-state index in [1.165, 1.54) is 12.1 Å². The summed E-state index contributed by atoms with van der Waals surface area (Å²) in [4.78, 5) is 12.3. The molecular weight excluding hydrogens is 365 g/mol. The van der Waals surface area contributed by atoms with Gasteiger partial charge in [0.25, 0.3) is 5.91 Å². The third-order valence-electron chi connectivity index (χ3n) is 3.19. The maximum absolute atomic E-state index is 13.8. The van der Waals surface area contributed by atoms with Crippen LogP contribution in [0, 0.1) is 5.82 Å². The number of methoxy groups -OCH3 is 1. The fourth-order valence-corrected chi connectivity index (χ4v) is 2.28. The first-order valence-corrected chi connectivity index (χ1v) is 7.89. The van der Waals surface area contributed by atoms with Gasteiger partial charge in [0.05, 0.1) is 12.8 Å². The van der Waals surface area contributed by atoms with Crippen molar-refractivity contribution in [2.45, 2.75) is 19.4 Å². The van der Waals surface area contributed by atoms with E-state index in [9.17, 15) is 9.18 Å². The molecule has 6 heteroatoms. The molecule has 4 nitrogen and oxygen atoms in total. The van der Waals surface area contributed by atoms with E-state index in [1.54, 1.807) is 37.4 Å². The summed E-state index contributed by atoms with van der Waals surface area (Å²) in [6.45, 7) is 1.83. The van der Waals surface area contributed by atoms with Crippen molar-refractivity contribution in [3.05, 3.63) is 52.8 Å². The topological polar surface area (TPSA) is 47.6 Å². The number of carbonyl (C=O) groups is 1. The molecule has 0 bridgehead atoms. The molecule has 2 aromatic carbocycles. The summed E-state index contributed by atoms with van der Waals surface area (Å²) in [6, 6.07) is 11.4. The van der Waals surface area contributed by atoms with Crippen LogP contribution in [0.3, 0.4) is 0 Å². The Morgan fingerprint density at radius 2 is 1.87 bits per heavy atom. The lowest BCUT2D eigenvalue weighted by Crippen LogP contribution is -2.32. The smallest absolute Gasteiger partial charge is 0.265 e. The molecule has 0 radical (unpaired) electrons. The minimum absolute atomic E-state index is 0.120. The molecule has 0 saturated carbocycles. The summed E-state index contributed by atoms with van der Waals surface area (Å²) in [5.74, 6) is 0.340. The SMILES string of the molecule is CC[C@@H](Oc1ccc(OC)cc1)C(=O)Nc1ccc(Br)cc1F. The Morgan fingerprint density at radius 3 is 2.43 bits per heavy atom. The van der Waals surface area contributed by atoms with Crippen LogP contribution in [0.15, 0.2) is 46.9 Å². The Hall–Kier alpha value is -2.08. The van der Waals surface area contributed by atoms with Crippen molar-refractivity contribution in [2.24, 2.45) is 0 Å². The first-order valence-electron chi connectivity index (χ1n) is 7.10. The molecule has 0 heterocycles. The maximum Gasteiger partial charge on any atom is 0.265 e. The average molecular weight is 382 g/mol. The highest BCUT2D eigenvalue weighted by Gasteiger charge is 2.19. The largest absolute Gasteiger partial charge is 0.497 e. The van der Waals surface area contributed by atoms with E-state index in [0.717, 1.165) is 0 Å². The molecular formula is C17H17BrFNO3.